The van der Waals surface area contributed by atoms with E-state index in [1.807, 2.05) is 13.2 Å². The summed E-state index contributed by atoms with van der Waals surface area (Å²) in [5, 5.41) is 6.96. The molecule has 0 saturated heterocycles. The highest BCUT2D eigenvalue weighted by molar-refractivity contribution is 5.91. The Morgan fingerprint density at radius 1 is 1.50 bits per heavy atom. The van der Waals surface area contributed by atoms with Crippen LogP contribution in [0.3, 0.4) is 0 Å². The van der Waals surface area contributed by atoms with Gasteiger partial charge in [0.05, 0.1) is 0 Å². The number of nitrogens with one attached hydrogen (secondary N) is 1. The predicted molar refractivity (Wildman–Crippen MR) is 61.8 cm³/mol. The summed E-state index contributed by atoms with van der Waals surface area (Å²) in [4.78, 5) is 11.9. The van der Waals surface area contributed by atoms with E-state index >= 15 is 0 Å². The highest BCUT2D eigenvalue weighted by atomic mass is 16.2. The standard InChI is InChI=1S/C11H18N4O/c1-15-7-6-10(14-15)13-11(16)8-2-4-9(12)5-3-8/h6-9H,2-5,12H2,1H3,(H,13,14,16). The van der Waals surface area contributed by atoms with Crippen molar-refractivity contribution in [3.63, 3.8) is 0 Å². The first-order valence-corrected chi connectivity index (χ1v) is 5.71. The summed E-state index contributed by atoms with van der Waals surface area (Å²) < 4.78 is 1.67. The van der Waals surface area contributed by atoms with Crippen molar-refractivity contribution in [1.29, 1.82) is 0 Å². The third-order valence-electron chi connectivity index (χ3n) is 3.11. The van der Waals surface area contributed by atoms with Crippen molar-refractivity contribution < 1.29 is 4.79 Å². The SMILES string of the molecule is Cn1ccc(NC(=O)C2CCC(N)CC2)n1. The van der Waals surface area contributed by atoms with Crippen molar-refractivity contribution >= 4 is 11.7 Å². The first kappa shape index (κ1) is 11.1. The average molecular weight is 222 g/mol. The zero-order chi connectivity index (χ0) is 11.5. The van der Waals surface area contributed by atoms with Crippen LogP contribution in [0.25, 0.3) is 0 Å². The number of rotatable bonds is 2. The van der Waals surface area contributed by atoms with E-state index in [1.54, 1.807) is 10.7 Å². The fourth-order valence-electron chi connectivity index (χ4n) is 2.09. The van der Waals surface area contributed by atoms with Crippen LogP contribution in [-0.2, 0) is 11.8 Å². The van der Waals surface area contributed by atoms with Crippen molar-refractivity contribution in [3.8, 4) is 0 Å². The van der Waals surface area contributed by atoms with Gasteiger partial charge in [0.1, 0.15) is 0 Å². The molecule has 1 aliphatic carbocycles. The lowest BCUT2D eigenvalue weighted by molar-refractivity contribution is -0.120. The molecule has 1 saturated carbocycles. The molecule has 0 aromatic carbocycles. The summed E-state index contributed by atoms with van der Waals surface area (Å²) in [6.07, 6.45) is 5.48. The summed E-state index contributed by atoms with van der Waals surface area (Å²) in [5.74, 6) is 0.801. The van der Waals surface area contributed by atoms with Crippen LogP contribution in [0.15, 0.2) is 12.3 Å². The van der Waals surface area contributed by atoms with Gasteiger partial charge in [-0.15, -0.1) is 0 Å². The van der Waals surface area contributed by atoms with E-state index in [2.05, 4.69) is 10.4 Å². The van der Waals surface area contributed by atoms with Crippen molar-refractivity contribution in [1.82, 2.24) is 9.78 Å². The molecule has 2 rings (SSSR count). The third-order valence-corrected chi connectivity index (χ3v) is 3.11. The molecule has 1 aromatic rings. The minimum absolute atomic E-state index is 0.0746. The number of carbonyl (C=O) groups excluding carboxylic acids is 1. The molecule has 0 unspecified atom stereocenters. The van der Waals surface area contributed by atoms with E-state index in [0.717, 1.165) is 25.7 Å². The summed E-state index contributed by atoms with van der Waals surface area (Å²) >= 11 is 0. The molecule has 0 aliphatic heterocycles. The van der Waals surface area contributed by atoms with Crippen LogP contribution in [0, 0.1) is 5.92 Å². The Morgan fingerprint density at radius 3 is 2.75 bits per heavy atom. The third kappa shape index (κ3) is 2.61. The van der Waals surface area contributed by atoms with Crippen LogP contribution in [0.1, 0.15) is 25.7 Å². The molecule has 0 bridgehead atoms. The molecule has 5 nitrogen and oxygen atoms in total. The quantitative estimate of drug-likeness (QED) is 0.780. The smallest absolute Gasteiger partial charge is 0.228 e. The number of amides is 1. The molecular formula is C11H18N4O. The molecule has 1 aromatic heterocycles. The second-order valence-electron chi connectivity index (χ2n) is 4.48. The molecule has 1 fully saturated rings. The Kier molecular flexibility index (Phi) is 3.24. The number of hydrogen-bond donors (Lipinski definition) is 2. The lowest BCUT2D eigenvalue weighted by Crippen LogP contribution is -2.32. The van der Waals surface area contributed by atoms with Crippen molar-refractivity contribution in [2.75, 3.05) is 5.32 Å². The van der Waals surface area contributed by atoms with Gasteiger partial charge in [-0.1, -0.05) is 0 Å². The molecule has 1 amide bonds. The van der Waals surface area contributed by atoms with Gasteiger partial charge >= 0.3 is 0 Å². The minimum Gasteiger partial charge on any atom is -0.328 e. The second kappa shape index (κ2) is 4.65. The molecular weight excluding hydrogens is 204 g/mol. The molecule has 0 radical (unpaired) electrons. The zero-order valence-corrected chi connectivity index (χ0v) is 9.52. The molecule has 5 heteroatoms. The number of hydrogen-bond acceptors (Lipinski definition) is 3. The number of nitrogens with two attached hydrogens (primary N) is 1. The van der Waals surface area contributed by atoms with Gasteiger partial charge in [0, 0.05) is 31.3 Å². The van der Waals surface area contributed by atoms with E-state index in [4.69, 9.17) is 5.73 Å². The van der Waals surface area contributed by atoms with Crippen LogP contribution < -0.4 is 11.1 Å². The number of anilines is 1. The largest absolute Gasteiger partial charge is 0.328 e. The van der Waals surface area contributed by atoms with Gasteiger partial charge < -0.3 is 11.1 Å². The van der Waals surface area contributed by atoms with E-state index in [0.29, 0.717) is 5.82 Å². The van der Waals surface area contributed by atoms with Crippen LogP contribution in [-0.4, -0.2) is 21.7 Å². The molecule has 1 heterocycles. The van der Waals surface area contributed by atoms with Gasteiger partial charge in [0.2, 0.25) is 5.91 Å². The maximum absolute atomic E-state index is 11.9. The summed E-state index contributed by atoms with van der Waals surface area (Å²) in [6, 6.07) is 2.07. The first-order valence-electron chi connectivity index (χ1n) is 5.71. The summed E-state index contributed by atoms with van der Waals surface area (Å²) in [7, 11) is 1.83. The Labute approximate surface area is 95.0 Å². The van der Waals surface area contributed by atoms with E-state index in [-0.39, 0.29) is 17.9 Å². The van der Waals surface area contributed by atoms with Gasteiger partial charge in [0.15, 0.2) is 5.82 Å². The molecule has 0 spiro atoms. The van der Waals surface area contributed by atoms with Gasteiger partial charge in [-0.25, -0.2) is 0 Å². The maximum Gasteiger partial charge on any atom is 0.228 e. The Hall–Kier alpha value is -1.36. The van der Waals surface area contributed by atoms with E-state index < -0.39 is 0 Å². The highest BCUT2D eigenvalue weighted by Gasteiger charge is 2.24. The molecule has 3 N–H and O–H groups in total. The number of aryl methyl sites for hydroxylation is 1. The monoisotopic (exact) mass is 222 g/mol. The average Bonchev–Trinajstić information content (AvgIpc) is 2.65. The molecule has 0 atom stereocenters. The fraction of sp³-hybridized carbons (Fsp3) is 0.636. The van der Waals surface area contributed by atoms with Crippen LogP contribution >= 0.6 is 0 Å². The van der Waals surface area contributed by atoms with Crippen molar-refractivity contribution in [2.24, 2.45) is 18.7 Å². The molecule has 88 valence electrons. The van der Waals surface area contributed by atoms with Gasteiger partial charge in [-0.3, -0.25) is 9.48 Å². The number of aromatic nitrogens is 2. The lowest BCUT2D eigenvalue weighted by atomic mass is 9.86. The number of nitrogens with zero attached hydrogens (tertiary/aromatic N) is 2. The fourth-order valence-corrected chi connectivity index (χ4v) is 2.09. The summed E-state index contributed by atoms with van der Waals surface area (Å²) in [5.41, 5.74) is 5.81. The minimum atomic E-state index is 0.0746. The van der Waals surface area contributed by atoms with Crippen molar-refractivity contribution in [3.05, 3.63) is 12.3 Å². The highest BCUT2D eigenvalue weighted by Crippen LogP contribution is 2.24. The predicted octanol–water partition coefficient (Wildman–Crippen LogP) is 0.876. The Morgan fingerprint density at radius 2 is 2.19 bits per heavy atom. The summed E-state index contributed by atoms with van der Waals surface area (Å²) in [6.45, 7) is 0. The maximum atomic E-state index is 11.9. The first-order chi connectivity index (χ1) is 7.65. The Balaban J connectivity index is 1.88. The molecule has 16 heavy (non-hydrogen) atoms. The van der Waals surface area contributed by atoms with Gasteiger partial charge in [0.25, 0.3) is 0 Å². The van der Waals surface area contributed by atoms with E-state index in [1.165, 1.54) is 0 Å². The van der Waals surface area contributed by atoms with Crippen molar-refractivity contribution in [2.45, 2.75) is 31.7 Å². The van der Waals surface area contributed by atoms with Gasteiger partial charge in [-0.05, 0) is 25.7 Å². The Bertz CT molecular complexity index is 366. The van der Waals surface area contributed by atoms with Gasteiger partial charge in [-0.2, -0.15) is 5.10 Å². The lowest BCUT2D eigenvalue weighted by Gasteiger charge is -2.24. The van der Waals surface area contributed by atoms with E-state index in [9.17, 15) is 4.79 Å². The molecule has 1 aliphatic rings. The van der Waals surface area contributed by atoms with Crippen LogP contribution in [0.2, 0.25) is 0 Å². The normalized spacial score (nSPS) is 25.4. The topological polar surface area (TPSA) is 72.9 Å². The second-order valence-corrected chi connectivity index (χ2v) is 4.48. The van der Waals surface area contributed by atoms with Crippen LogP contribution in [0.4, 0.5) is 5.82 Å². The zero-order valence-electron chi connectivity index (χ0n) is 9.52. The number of carbonyl (C=O) groups is 1. The van der Waals surface area contributed by atoms with Crippen LogP contribution in [0.5, 0.6) is 0 Å².